The third-order valence-electron chi connectivity index (χ3n) is 2.16. The van der Waals surface area contributed by atoms with Crippen molar-refractivity contribution in [1.82, 2.24) is 5.32 Å². The molecule has 0 aliphatic carbocycles. The first-order chi connectivity index (χ1) is 7.61. The molecule has 82 valence electrons. The fourth-order valence-electron chi connectivity index (χ4n) is 1.38. The summed E-state index contributed by atoms with van der Waals surface area (Å²) in [4.78, 5) is 22.0. The molecule has 2 aromatic rings. The van der Waals surface area contributed by atoms with Crippen LogP contribution in [0.1, 0.15) is 9.67 Å². The van der Waals surface area contributed by atoms with Crippen molar-refractivity contribution < 1.29 is 9.72 Å². The quantitative estimate of drug-likeness (QED) is 0.641. The van der Waals surface area contributed by atoms with Gasteiger partial charge in [0.15, 0.2) is 0 Å². The Morgan fingerprint density at radius 2 is 2.19 bits per heavy atom. The van der Waals surface area contributed by atoms with Crippen molar-refractivity contribution in [1.29, 1.82) is 0 Å². The Morgan fingerprint density at radius 1 is 1.44 bits per heavy atom. The minimum atomic E-state index is -0.448. The highest BCUT2D eigenvalue weighted by Gasteiger charge is 2.11. The van der Waals surface area contributed by atoms with Crippen molar-refractivity contribution >= 4 is 33.0 Å². The van der Waals surface area contributed by atoms with Crippen LogP contribution in [0.4, 0.5) is 5.69 Å². The molecule has 1 aromatic heterocycles. The summed E-state index contributed by atoms with van der Waals surface area (Å²) < 4.78 is 0.865. The van der Waals surface area contributed by atoms with Gasteiger partial charge < -0.3 is 5.32 Å². The van der Waals surface area contributed by atoms with Gasteiger partial charge in [0.05, 0.1) is 9.80 Å². The number of nitro groups is 1. The summed E-state index contributed by atoms with van der Waals surface area (Å²) in [6.45, 7) is 0. The van der Waals surface area contributed by atoms with E-state index in [-0.39, 0.29) is 11.6 Å². The molecule has 0 aliphatic heterocycles. The minimum absolute atomic E-state index is 0.0359. The molecule has 2 rings (SSSR count). The average molecular weight is 236 g/mol. The van der Waals surface area contributed by atoms with Crippen LogP contribution >= 0.6 is 11.3 Å². The van der Waals surface area contributed by atoms with Crippen LogP contribution < -0.4 is 5.32 Å². The third kappa shape index (κ3) is 1.74. The van der Waals surface area contributed by atoms with E-state index in [9.17, 15) is 14.9 Å². The number of fused-ring (bicyclic) bond motifs is 1. The molecule has 1 heterocycles. The number of nitro benzene ring substituents is 1. The van der Waals surface area contributed by atoms with E-state index in [0.717, 1.165) is 10.1 Å². The Hall–Kier alpha value is -1.95. The fourth-order valence-corrected chi connectivity index (χ4v) is 2.37. The molecule has 0 atom stereocenters. The highest BCUT2D eigenvalue weighted by Crippen LogP contribution is 2.28. The Kier molecular flexibility index (Phi) is 2.57. The Morgan fingerprint density at radius 3 is 2.81 bits per heavy atom. The maximum atomic E-state index is 11.4. The largest absolute Gasteiger partial charge is 0.354 e. The van der Waals surface area contributed by atoms with Gasteiger partial charge in [0, 0.05) is 29.3 Å². The monoisotopic (exact) mass is 236 g/mol. The van der Waals surface area contributed by atoms with Gasteiger partial charge in [-0.2, -0.15) is 0 Å². The number of hydrogen-bond acceptors (Lipinski definition) is 4. The Bertz CT molecular complexity index is 576. The molecule has 0 radical (unpaired) electrons. The van der Waals surface area contributed by atoms with E-state index < -0.39 is 4.92 Å². The van der Waals surface area contributed by atoms with Crippen LogP contribution in [0.3, 0.4) is 0 Å². The van der Waals surface area contributed by atoms with Gasteiger partial charge in [-0.05, 0) is 12.1 Å². The van der Waals surface area contributed by atoms with Crippen LogP contribution in [0.25, 0.3) is 10.1 Å². The molecule has 5 nitrogen and oxygen atoms in total. The van der Waals surface area contributed by atoms with E-state index in [1.165, 1.54) is 23.5 Å². The van der Waals surface area contributed by atoms with E-state index >= 15 is 0 Å². The average Bonchev–Trinajstić information content (AvgIpc) is 2.70. The SMILES string of the molecule is CNC(=O)c1cc2cc([N+](=O)[O-])ccc2s1. The Balaban J connectivity index is 2.54. The number of nitrogens with one attached hydrogen (secondary N) is 1. The minimum Gasteiger partial charge on any atom is -0.354 e. The second-order valence-corrected chi connectivity index (χ2v) is 4.25. The first-order valence-corrected chi connectivity index (χ1v) is 5.33. The maximum Gasteiger partial charge on any atom is 0.270 e. The zero-order valence-corrected chi connectivity index (χ0v) is 9.21. The van der Waals surface area contributed by atoms with Crippen molar-refractivity contribution in [3.05, 3.63) is 39.3 Å². The lowest BCUT2D eigenvalue weighted by atomic mass is 10.2. The number of rotatable bonds is 2. The van der Waals surface area contributed by atoms with E-state index in [1.807, 2.05) is 0 Å². The van der Waals surface area contributed by atoms with Gasteiger partial charge in [-0.15, -0.1) is 11.3 Å². The molecule has 0 fully saturated rings. The van der Waals surface area contributed by atoms with Gasteiger partial charge in [-0.3, -0.25) is 14.9 Å². The van der Waals surface area contributed by atoms with Crippen molar-refractivity contribution in [2.24, 2.45) is 0 Å². The van der Waals surface area contributed by atoms with Gasteiger partial charge in [0.2, 0.25) is 0 Å². The number of hydrogen-bond donors (Lipinski definition) is 1. The second kappa shape index (κ2) is 3.90. The summed E-state index contributed by atoms with van der Waals surface area (Å²) in [5.74, 6) is -0.177. The van der Waals surface area contributed by atoms with Crippen LogP contribution in [-0.4, -0.2) is 17.9 Å². The van der Waals surface area contributed by atoms with Gasteiger partial charge in [0.1, 0.15) is 0 Å². The van der Waals surface area contributed by atoms with Gasteiger partial charge in [-0.1, -0.05) is 0 Å². The first kappa shape index (κ1) is 10.6. The van der Waals surface area contributed by atoms with E-state index in [1.54, 1.807) is 19.2 Å². The second-order valence-electron chi connectivity index (χ2n) is 3.17. The molecular formula is C10H8N2O3S. The molecule has 1 amide bonds. The molecule has 16 heavy (non-hydrogen) atoms. The number of nitrogens with zero attached hydrogens (tertiary/aromatic N) is 1. The third-order valence-corrected chi connectivity index (χ3v) is 3.28. The van der Waals surface area contributed by atoms with Crippen molar-refractivity contribution in [2.45, 2.75) is 0 Å². The first-order valence-electron chi connectivity index (χ1n) is 4.52. The summed E-state index contributed by atoms with van der Waals surface area (Å²) in [6, 6.07) is 6.22. The smallest absolute Gasteiger partial charge is 0.270 e. The number of thiophene rings is 1. The molecule has 0 unspecified atom stereocenters. The number of benzene rings is 1. The standard InChI is InChI=1S/C10H8N2O3S/c1-11-10(13)9-5-6-4-7(12(14)15)2-3-8(6)16-9/h2-5H,1H3,(H,11,13). The molecule has 0 bridgehead atoms. The Labute approximate surface area is 94.8 Å². The highest BCUT2D eigenvalue weighted by molar-refractivity contribution is 7.20. The van der Waals surface area contributed by atoms with E-state index in [0.29, 0.717) is 4.88 Å². The summed E-state index contributed by atoms with van der Waals surface area (Å²) >= 11 is 1.32. The molecule has 1 N–H and O–H groups in total. The predicted octanol–water partition coefficient (Wildman–Crippen LogP) is 2.17. The van der Waals surface area contributed by atoms with Crippen molar-refractivity contribution in [3.63, 3.8) is 0 Å². The highest BCUT2D eigenvalue weighted by atomic mass is 32.1. The summed E-state index contributed by atoms with van der Waals surface area (Å²) in [5.41, 5.74) is 0.0359. The molecule has 0 spiro atoms. The summed E-state index contributed by atoms with van der Waals surface area (Å²) in [5, 5.41) is 13.8. The molecule has 0 saturated carbocycles. The maximum absolute atomic E-state index is 11.4. The predicted molar refractivity (Wildman–Crippen MR) is 61.9 cm³/mol. The zero-order valence-electron chi connectivity index (χ0n) is 8.39. The molecular weight excluding hydrogens is 228 g/mol. The van der Waals surface area contributed by atoms with Crippen LogP contribution in [0, 0.1) is 10.1 Å². The van der Waals surface area contributed by atoms with Crippen LogP contribution in [0.2, 0.25) is 0 Å². The zero-order chi connectivity index (χ0) is 11.7. The van der Waals surface area contributed by atoms with Crippen molar-refractivity contribution in [3.8, 4) is 0 Å². The van der Waals surface area contributed by atoms with Crippen LogP contribution in [0.15, 0.2) is 24.3 Å². The number of carbonyl (C=O) groups is 1. The van der Waals surface area contributed by atoms with Crippen LogP contribution in [-0.2, 0) is 0 Å². The fraction of sp³-hybridized carbons (Fsp3) is 0.100. The number of amides is 1. The lowest BCUT2D eigenvalue weighted by Crippen LogP contribution is -2.15. The van der Waals surface area contributed by atoms with Gasteiger partial charge >= 0.3 is 0 Å². The lowest BCUT2D eigenvalue weighted by Gasteiger charge is -1.90. The topological polar surface area (TPSA) is 72.2 Å². The van der Waals surface area contributed by atoms with E-state index in [2.05, 4.69) is 5.32 Å². The number of non-ortho nitro benzene ring substituents is 1. The molecule has 6 heteroatoms. The number of carbonyl (C=O) groups excluding carboxylic acids is 1. The molecule has 1 aromatic carbocycles. The summed E-state index contributed by atoms with van der Waals surface area (Å²) in [7, 11) is 1.55. The molecule has 0 aliphatic rings. The van der Waals surface area contributed by atoms with E-state index in [4.69, 9.17) is 0 Å². The van der Waals surface area contributed by atoms with Gasteiger partial charge in [0.25, 0.3) is 11.6 Å². The summed E-state index contributed by atoms with van der Waals surface area (Å²) in [6.07, 6.45) is 0. The normalized spacial score (nSPS) is 10.3. The molecule has 0 saturated heterocycles. The van der Waals surface area contributed by atoms with Crippen molar-refractivity contribution in [2.75, 3.05) is 7.05 Å². The lowest BCUT2D eigenvalue weighted by molar-refractivity contribution is -0.384. The van der Waals surface area contributed by atoms with Gasteiger partial charge in [-0.25, -0.2) is 0 Å². The van der Waals surface area contributed by atoms with Crippen LogP contribution in [0.5, 0.6) is 0 Å².